The highest BCUT2D eigenvalue weighted by molar-refractivity contribution is 7.90. The molecular weight excluding hydrogens is 520 g/mol. The fraction of sp³-hybridized carbons (Fsp3) is 0.267. The first-order chi connectivity index (χ1) is 18.8. The van der Waals surface area contributed by atoms with Gasteiger partial charge in [0.05, 0.1) is 11.4 Å². The standard InChI is InChI=1S/C30H31F2N3O3S.H2/c31-28-16-15-27(21-29(28)32)39(37,38)34-30(36)17-14-25-13-12-24(22-35-19-7-18-33-35)20-26(25)11-6-2-5-10-23-8-3-1-4-9-23;/h1,3-4,7-9,12-13,15-16,18-21H,2,5-6,10-11,14,17,22H2,(H,34,36);1H. The number of hydrogen-bond acceptors (Lipinski definition) is 4. The molecule has 9 heteroatoms. The number of sulfonamides is 1. The summed E-state index contributed by atoms with van der Waals surface area (Å²) in [5, 5.41) is 4.27. The lowest BCUT2D eigenvalue weighted by atomic mass is 9.95. The molecule has 1 heterocycles. The first kappa shape index (κ1) is 28.2. The van der Waals surface area contributed by atoms with Crippen LogP contribution in [0.1, 0.15) is 49.4 Å². The van der Waals surface area contributed by atoms with Gasteiger partial charge in [0.15, 0.2) is 11.6 Å². The molecule has 0 spiro atoms. The van der Waals surface area contributed by atoms with Gasteiger partial charge < -0.3 is 0 Å². The average molecular weight is 554 g/mol. The number of benzene rings is 3. The third-order valence-corrected chi connectivity index (χ3v) is 7.87. The Morgan fingerprint density at radius 1 is 0.821 bits per heavy atom. The summed E-state index contributed by atoms with van der Waals surface area (Å²) in [4.78, 5) is 12.0. The minimum absolute atomic E-state index is 0. The van der Waals surface area contributed by atoms with Crippen molar-refractivity contribution in [3.8, 4) is 0 Å². The molecule has 0 unspecified atom stereocenters. The van der Waals surface area contributed by atoms with Crippen LogP contribution in [0, 0.1) is 11.6 Å². The van der Waals surface area contributed by atoms with Crippen molar-refractivity contribution in [3.05, 3.63) is 119 Å². The van der Waals surface area contributed by atoms with Crippen LogP contribution in [0.2, 0.25) is 0 Å². The SMILES string of the molecule is O=C(CCc1ccc(Cn2cccn2)cc1CCCCCc1ccccc1)NS(=O)(=O)c1ccc(F)c(F)c1.[HH]. The van der Waals surface area contributed by atoms with E-state index < -0.39 is 32.5 Å². The molecule has 1 amide bonds. The topological polar surface area (TPSA) is 81.1 Å². The maximum Gasteiger partial charge on any atom is 0.264 e. The van der Waals surface area contributed by atoms with Crippen molar-refractivity contribution in [2.75, 3.05) is 0 Å². The van der Waals surface area contributed by atoms with Gasteiger partial charge in [-0.2, -0.15) is 5.10 Å². The van der Waals surface area contributed by atoms with Crippen LogP contribution in [0.25, 0.3) is 0 Å². The normalized spacial score (nSPS) is 11.4. The van der Waals surface area contributed by atoms with Crippen molar-refractivity contribution in [2.45, 2.75) is 56.4 Å². The second-order valence-electron chi connectivity index (χ2n) is 9.46. The maximum atomic E-state index is 13.5. The van der Waals surface area contributed by atoms with Gasteiger partial charge in [0.2, 0.25) is 5.91 Å². The number of nitrogens with zero attached hydrogens (tertiary/aromatic N) is 2. The minimum Gasteiger partial charge on any atom is -0.274 e. The zero-order valence-electron chi connectivity index (χ0n) is 21.5. The fourth-order valence-corrected chi connectivity index (χ4v) is 5.48. The quantitative estimate of drug-likeness (QED) is 0.211. The summed E-state index contributed by atoms with van der Waals surface area (Å²) >= 11 is 0. The first-order valence-corrected chi connectivity index (χ1v) is 14.4. The molecule has 0 bridgehead atoms. The smallest absolute Gasteiger partial charge is 0.264 e. The molecule has 0 aliphatic rings. The molecule has 39 heavy (non-hydrogen) atoms. The number of amides is 1. The Balaban J connectivity index is 0.00000441. The average Bonchev–Trinajstić information content (AvgIpc) is 3.43. The van der Waals surface area contributed by atoms with Crippen LogP contribution in [-0.2, 0) is 40.6 Å². The monoisotopic (exact) mass is 553 g/mol. The van der Waals surface area contributed by atoms with E-state index >= 15 is 0 Å². The van der Waals surface area contributed by atoms with Crippen LogP contribution < -0.4 is 4.72 Å². The largest absolute Gasteiger partial charge is 0.274 e. The van der Waals surface area contributed by atoms with Gasteiger partial charge >= 0.3 is 0 Å². The molecule has 0 atom stereocenters. The lowest BCUT2D eigenvalue weighted by Crippen LogP contribution is -2.30. The van der Waals surface area contributed by atoms with Crippen molar-refractivity contribution in [3.63, 3.8) is 0 Å². The van der Waals surface area contributed by atoms with Gasteiger partial charge in [0, 0.05) is 20.2 Å². The number of nitrogens with one attached hydrogen (secondary N) is 1. The lowest BCUT2D eigenvalue weighted by Gasteiger charge is -2.13. The third-order valence-electron chi connectivity index (χ3n) is 6.50. The van der Waals surface area contributed by atoms with Gasteiger partial charge in [0.25, 0.3) is 10.0 Å². The maximum absolute atomic E-state index is 13.5. The summed E-state index contributed by atoms with van der Waals surface area (Å²) in [5.74, 6) is -3.17. The molecule has 0 radical (unpaired) electrons. The second kappa shape index (κ2) is 13.3. The molecule has 1 aromatic heterocycles. The van der Waals surface area contributed by atoms with Crippen LogP contribution in [0.15, 0.2) is 90.1 Å². The van der Waals surface area contributed by atoms with Gasteiger partial charge in [-0.05, 0) is 78.6 Å². The molecule has 0 aliphatic carbocycles. The van der Waals surface area contributed by atoms with Crippen molar-refractivity contribution < 1.29 is 23.4 Å². The molecule has 206 valence electrons. The highest BCUT2D eigenvalue weighted by Gasteiger charge is 2.20. The first-order valence-electron chi connectivity index (χ1n) is 12.9. The predicted molar refractivity (Wildman–Crippen MR) is 148 cm³/mol. The molecule has 4 rings (SSSR count). The van der Waals surface area contributed by atoms with E-state index in [9.17, 15) is 22.0 Å². The number of unbranched alkanes of at least 4 members (excludes halogenated alkanes) is 2. The van der Waals surface area contributed by atoms with Crippen molar-refractivity contribution >= 4 is 15.9 Å². The van der Waals surface area contributed by atoms with E-state index in [1.54, 1.807) is 6.20 Å². The van der Waals surface area contributed by atoms with E-state index in [1.165, 1.54) is 5.56 Å². The van der Waals surface area contributed by atoms with Crippen LogP contribution >= 0.6 is 0 Å². The number of carbonyl (C=O) groups is 1. The predicted octanol–water partition coefficient (Wildman–Crippen LogP) is 5.85. The molecule has 6 nitrogen and oxygen atoms in total. The molecule has 4 aromatic rings. The summed E-state index contributed by atoms with van der Waals surface area (Å²) in [6.45, 7) is 0.626. The molecule has 1 N–H and O–H groups in total. The van der Waals surface area contributed by atoms with Gasteiger partial charge in [-0.25, -0.2) is 21.9 Å². The minimum atomic E-state index is -4.31. The molecule has 0 saturated heterocycles. The van der Waals surface area contributed by atoms with E-state index in [4.69, 9.17) is 0 Å². The van der Waals surface area contributed by atoms with Crippen molar-refractivity contribution in [1.29, 1.82) is 0 Å². The van der Waals surface area contributed by atoms with Gasteiger partial charge in [-0.1, -0.05) is 55.0 Å². The van der Waals surface area contributed by atoms with E-state index in [2.05, 4.69) is 23.3 Å². The van der Waals surface area contributed by atoms with Crippen LogP contribution in [-0.4, -0.2) is 24.1 Å². The van der Waals surface area contributed by atoms with Crippen LogP contribution in [0.4, 0.5) is 8.78 Å². The van der Waals surface area contributed by atoms with Gasteiger partial charge in [-0.15, -0.1) is 0 Å². The number of aryl methyl sites for hydroxylation is 3. The Labute approximate surface area is 229 Å². The summed E-state index contributed by atoms with van der Waals surface area (Å²) in [7, 11) is -4.31. The zero-order chi connectivity index (χ0) is 27.7. The Morgan fingerprint density at radius 3 is 2.36 bits per heavy atom. The molecule has 0 fully saturated rings. The molecule has 0 aliphatic heterocycles. The van der Waals surface area contributed by atoms with Gasteiger partial charge in [0.1, 0.15) is 0 Å². The van der Waals surface area contributed by atoms with E-state index in [-0.39, 0.29) is 7.85 Å². The summed E-state index contributed by atoms with van der Waals surface area (Å²) in [6.07, 6.45) is 8.90. The van der Waals surface area contributed by atoms with Crippen LogP contribution in [0.5, 0.6) is 0 Å². The van der Waals surface area contributed by atoms with Crippen molar-refractivity contribution in [1.82, 2.24) is 14.5 Å². The lowest BCUT2D eigenvalue weighted by molar-refractivity contribution is -0.119. The molecular formula is C30H33F2N3O3S. The van der Waals surface area contributed by atoms with Crippen molar-refractivity contribution in [2.24, 2.45) is 0 Å². The highest BCUT2D eigenvalue weighted by Crippen LogP contribution is 2.20. The second-order valence-corrected chi connectivity index (χ2v) is 11.1. The van der Waals surface area contributed by atoms with Gasteiger partial charge in [-0.3, -0.25) is 9.48 Å². The number of rotatable bonds is 13. The summed E-state index contributed by atoms with van der Waals surface area (Å²) in [5.41, 5.74) is 4.51. The Hall–Kier alpha value is -3.85. The number of carbonyl (C=O) groups excluding carboxylic acids is 1. The third kappa shape index (κ3) is 8.32. The molecule has 3 aromatic carbocycles. The Bertz CT molecular complexity index is 1500. The summed E-state index contributed by atoms with van der Waals surface area (Å²) < 4.78 is 55.4. The van der Waals surface area contributed by atoms with Crippen LogP contribution in [0.3, 0.4) is 0 Å². The number of halogens is 2. The number of hydrogen-bond donors (Lipinski definition) is 1. The van der Waals surface area contributed by atoms with E-state index in [0.717, 1.165) is 54.9 Å². The zero-order valence-corrected chi connectivity index (χ0v) is 22.3. The number of aromatic nitrogens is 2. The molecule has 0 saturated carbocycles. The van der Waals surface area contributed by atoms with E-state index in [0.29, 0.717) is 25.1 Å². The highest BCUT2D eigenvalue weighted by atomic mass is 32.2. The Morgan fingerprint density at radius 2 is 1.62 bits per heavy atom. The Kier molecular flexibility index (Phi) is 9.59. The summed E-state index contributed by atoms with van der Waals surface area (Å²) in [6, 6.07) is 20.5. The fourth-order valence-electron chi connectivity index (χ4n) is 4.45. The van der Waals surface area contributed by atoms with E-state index in [1.807, 2.05) is 52.0 Å².